The van der Waals surface area contributed by atoms with E-state index in [9.17, 15) is 9.59 Å². The molecule has 2 bridgehead atoms. The van der Waals surface area contributed by atoms with Crippen molar-refractivity contribution in [3.63, 3.8) is 0 Å². The molecule has 1 spiro atoms. The van der Waals surface area contributed by atoms with Gasteiger partial charge in [-0.1, -0.05) is 26.0 Å². The van der Waals surface area contributed by atoms with Crippen LogP contribution in [0.2, 0.25) is 0 Å². The molecule has 22 heavy (non-hydrogen) atoms. The van der Waals surface area contributed by atoms with Crippen molar-refractivity contribution < 1.29 is 14.3 Å². The molecule has 0 aromatic carbocycles. The second-order valence-electron chi connectivity index (χ2n) is 8.45. The summed E-state index contributed by atoms with van der Waals surface area (Å²) in [5.74, 6) is 0.451. The molecule has 0 amide bonds. The second kappa shape index (κ2) is 4.94. The van der Waals surface area contributed by atoms with Gasteiger partial charge in [-0.2, -0.15) is 0 Å². The first kappa shape index (κ1) is 15.8. The standard InChI is InChI=1S/C19H28O3/c1-13(20)14-5-8-19-10-9-17(2,12-19)7-6-15(19)18(14,3)11-16(21)22-4/h9-10,14-15H,5-8,11-12H2,1-4H3/t14-,15+,17-,18-,19+/m1/s1. The van der Waals surface area contributed by atoms with E-state index in [0.717, 1.165) is 25.7 Å². The van der Waals surface area contributed by atoms with Gasteiger partial charge in [-0.15, -0.1) is 0 Å². The van der Waals surface area contributed by atoms with E-state index in [2.05, 4.69) is 26.0 Å². The highest BCUT2D eigenvalue weighted by molar-refractivity contribution is 5.81. The van der Waals surface area contributed by atoms with E-state index in [4.69, 9.17) is 4.74 Å². The summed E-state index contributed by atoms with van der Waals surface area (Å²) in [5.41, 5.74) is 0.251. The number of fused-ring (bicyclic) bond motifs is 1. The van der Waals surface area contributed by atoms with Crippen molar-refractivity contribution in [1.82, 2.24) is 0 Å². The number of ether oxygens (including phenoxy) is 1. The summed E-state index contributed by atoms with van der Waals surface area (Å²) in [6.45, 7) is 6.20. The number of hydrogen-bond donors (Lipinski definition) is 0. The number of rotatable bonds is 3. The molecule has 0 heterocycles. The fourth-order valence-electron chi connectivity index (χ4n) is 6.02. The Morgan fingerprint density at radius 1 is 1.18 bits per heavy atom. The summed E-state index contributed by atoms with van der Waals surface area (Å²) in [7, 11) is 1.44. The van der Waals surface area contributed by atoms with E-state index in [-0.39, 0.29) is 28.5 Å². The summed E-state index contributed by atoms with van der Waals surface area (Å²) in [5, 5.41) is 0. The summed E-state index contributed by atoms with van der Waals surface area (Å²) < 4.78 is 4.95. The zero-order valence-corrected chi connectivity index (χ0v) is 14.3. The Kier molecular flexibility index (Phi) is 3.54. The average Bonchev–Trinajstić information content (AvgIpc) is 2.68. The number of carbonyl (C=O) groups excluding carboxylic acids is 2. The first-order chi connectivity index (χ1) is 10.2. The fraction of sp³-hybridized carbons (Fsp3) is 0.789. The second-order valence-corrected chi connectivity index (χ2v) is 8.45. The lowest BCUT2D eigenvalue weighted by atomic mass is 9.45. The smallest absolute Gasteiger partial charge is 0.306 e. The van der Waals surface area contributed by atoms with E-state index in [1.807, 2.05) is 0 Å². The normalized spacial score (nSPS) is 46.2. The third kappa shape index (κ3) is 2.16. The van der Waals surface area contributed by atoms with Crippen LogP contribution < -0.4 is 0 Å². The van der Waals surface area contributed by atoms with Crippen molar-refractivity contribution in [3.05, 3.63) is 12.2 Å². The molecule has 0 aromatic heterocycles. The van der Waals surface area contributed by atoms with Gasteiger partial charge >= 0.3 is 5.97 Å². The van der Waals surface area contributed by atoms with E-state index < -0.39 is 0 Å². The molecule has 3 aliphatic rings. The monoisotopic (exact) mass is 304 g/mol. The molecule has 122 valence electrons. The molecular formula is C19H28O3. The van der Waals surface area contributed by atoms with Gasteiger partial charge in [-0.25, -0.2) is 0 Å². The van der Waals surface area contributed by atoms with Crippen LogP contribution in [0.15, 0.2) is 12.2 Å². The van der Waals surface area contributed by atoms with Gasteiger partial charge in [-0.3, -0.25) is 9.59 Å². The molecule has 3 nitrogen and oxygen atoms in total. The molecule has 2 saturated carbocycles. The number of hydrogen-bond acceptors (Lipinski definition) is 3. The van der Waals surface area contributed by atoms with E-state index in [0.29, 0.717) is 17.8 Å². The number of ketones is 1. The number of allylic oxidation sites excluding steroid dienone is 2. The quantitative estimate of drug-likeness (QED) is 0.586. The maximum Gasteiger partial charge on any atom is 0.306 e. The number of esters is 1. The van der Waals surface area contributed by atoms with Crippen LogP contribution in [0.25, 0.3) is 0 Å². The van der Waals surface area contributed by atoms with Crippen LogP contribution in [-0.2, 0) is 14.3 Å². The zero-order chi connectivity index (χ0) is 16.2. The van der Waals surface area contributed by atoms with Gasteiger partial charge in [0.2, 0.25) is 0 Å². The molecule has 3 heteroatoms. The molecule has 0 saturated heterocycles. The Hall–Kier alpha value is -1.12. The molecule has 0 unspecified atom stereocenters. The van der Waals surface area contributed by atoms with Gasteiger partial charge in [0.25, 0.3) is 0 Å². The molecule has 3 aliphatic carbocycles. The first-order valence-electron chi connectivity index (χ1n) is 8.52. The van der Waals surface area contributed by atoms with Crippen LogP contribution >= 0.6 is 0 Å². The Morgan fingerprint density at radius 3 is 2.55 bits per heavy atom. The van der Waals surface area contributed by atoms with Gasteiger partial charge in [0, 0.05) is 5.92 Å². The highest BCUT2D eigenvalue weighted by Gasteiger charge is 2.61. The Balaban J connectivity index is 1.99. The average molecular weight is 304 g/mol. The Bertz CT molecular complexity index is 537. The molecule has 3 rings (SSSR count). The lowest BCUT2D eigenvalue weighted by Crippen LogP contribution is -2.53. The van der Waals surface area contributed by atoms with Crippen molar-refractivity contribution in [3.8, 4) is 0 Å². The Labute approximate surface area is 133 Å². The number of methoxy groups -OCH3 is 1. The van der Waals surface area contributed by atoms with E-state index >= 15 is 0 Å². The van der Waals surface area contributed by atoms with Crippen molar-refractivity contribution in [2.24, 2.45) is 28.1 Å². The highest BCUT2D eigenvalue weighted by Crippen LogP contribution is 2.67. The summed E-state index contributed by atoms with van der Waals surface area (Å²) in [4.78, 5) is 24.3. The predicted molar refractivity (Wildman–Crippen MR) is 85.2 cm³/mol. The topological polar surface area (TPSA) is 43.4 Å². The van der Waals surface area contributed by atoms with Crippen molar-refractivity contribution >= 4 is 11.8 Å². The molecular weight excluding hydrogens is 276 g/mol. The van der Waals surface area contributed by atoms with Crippen LogP contribution in [0, 0.1) is 28.1 Å². The zero-order valence-electron chi connectivity index (χ0n) is 14.3. The van der Waals surface area contributed by atoms with Crippen LogP contribution in [0.4, 0.5) is 0 Å². The minimum Gasteiger partial charge on any atom is -0.469 e. The highest BCUT2D eigenvalue weighted by atomic mass is 16.5. The predicted octanol–water partition coefficient (Wildman–Crippen LogP) is 3.92. The molecule has 0 aromatic rings. The van der Waals surface area contributed by atoms with Gasteiger partial charge in [0.15, 0.2) is 0 Å². The fourth-order valence-corrected chi connectivity index (χ4v) is 6.02. The minimum atomic E-state index is -0.271. The molecule has 0 aliphatic heterocycles. The molecule has 5 atom stereocenters. The van der Waals surface area contributed by atoms with Crippen molar-refractivity contribution in [1.29, 1.82) is 0 Å². The largest absolute Gasteiger partial charge is 0.469 e. The van der Waals surface area contributed by atoms with Gasteiger partial charge in [0.05, 0.1) is 13.5 Å². The van der Waals surface area contributed by atoms with E-state index in [1.165, 1.54) is 13.5 Å². The summed E-state index contributed by atoms with van der Waals surface area (Å²) in [6.07, 6.45) is 10.6. The summed E-state index contributed by atoms with van der Waals surface area (Å²) in [6, 6.07) is 0. The van der Waals surface area contributed by atoms with Crippen LogP contribution in [0.1, 0.15) is 59.3 Å². The van der Waals surface area contributed by atoms with E-state index in [1.54, 1.807) is 6.92 Å². The van der Waals surface area contributed by atoms with Crippen LogP contribution in [0.3, 0.4) is 0 Å². The molecule has 0 N–H and O–H groups in total. The van der Waals surface area contributed by atoms with Crippen LogP contribution in [-0.4, -0.2) is 18.9 Å². The molecule has 2 fully saturated rings. The maximum absolute atomic E-state index is 12.3. The van der Waals surface area contributed by atoms with Crippen LogP contribution in [0.5, 0.6) is 0 Å². The van der Waals surface area contributed by atoms with Crippen molar-refractivity contribution in [2.45, 2.75) is 59.3 Å². The third-order valence-electron chi connectivity index (χ3n) is 6.98. The lowest BCUT2D eigenvalue weighted by Gasteiger charge is -2.58. The maximum atomic E-state index is 12.3. The minimum absolute atomic E-state index is 0.0134. The van der Waals surface area contributed by atoms with Crippen molar-refractivity contribution in [2.75, 3.05) is 7.11 Å². The summed E-state index contributed by atoms with van der Waals surface area (Å²) >= 11 is 0. The van der Waals surface area contributed by atoms with Gasteiger partial charge in [-0.05, 0) is 61.2 Å². The third-order valence-corrected chi connectivity index (χ3v) is 6.98. The Morgan fingerprint density at radius 2 is 1.91 bits per heavy atom. The number of carbonyl (C=O) groups is 2. The number of Topliss-reactive ketones (excluding diaryl/α,β-unsaturated/α-hetero) is 1. The SMILES string of the molecule is COC(=O)C[C@]1(C)[C@@H](C(C)=O)CC[C@@]23C=C[C@@](C)(CC[C@H]21)C3. The lowest BCUT2D eigenvalue weighted by molar-refractivity contribution is -0.155. The van der Waals surface area contributed by atoms with Gasteiger partial charge < -0.3 is 4.74 Å². The van der Waals surface area contributed by atoms with Gasteiger partial charge in [0.1, 0.15) is 5.78 Å². The first-order valence-corrected chi connectivity index (χ1v) is 8.52. The molecule has 0 radical (unpaired) electrons.